The van der Waals surface area contributed by atoms with E-state index in [1.54, 1.807) is 36.7 Å². The van der Waals surface area contributed by atoms with Gasteiger partial charge in [-0.15, -0.1) is 0 Å². The van der Waals surface area contributed by atoms with Crippen molar-refractivity contribution in [1.29, 1.82) is 0 Å². The van der Waals surface area contributed by atoms with Crippen LogP contribution < -0.4 is 20.9 Å². The van der Waals surface area contributed by atoms with Crippen molar-refractivity contribution in [1.82, 2.24) is 25.5 Å². The van der Waals surface area contributed by atoms with Crippen LogP contribution in [-0.4, -0.2) is 72.6 Å². The molecule has 1 aromatic carbocycles. The molecular weight excluding hydrogens is 406 g/mol. The van der Waals surface area contributed by atoms with Gasteiger partial charge in [-0.1, -0.05) is 11.6 Å². The van der Waals surface area contributed by atoms with Crippen LogP contribution in [0.2, 0.25) is 5.02 Å². The number of hydrogen-bond acceptors (Lipinski definition) is 6. The van der Waals surface area contributed by atoms with Crippen molar-refractivity contribution in [2.75, 3.05) is 56.0 Å². The second-order valence-corrected chi connectivity index (χ2v) is 7.33. The molecule has 0 radical (unpaired) electrons. The number of nitrogens with zero attached hydrogens (tertiary/aromatic N) is 4. The number of aromatic nitrogens is 2. The maximum atomic E-state index is 11.9. The maximum Gasteiger partial charge on any atom is 0.315 e. The summed E-state index contributed by atoms with van der Waals surface area (Å²) in [5.74, 6) is 0.475. The molecule has 0 atom stereocenters. The van der Waals surface area contributed by atoms with Gasteiger partial charge in [-0.2, -0.15) is 0 Å². The van der Waals surface area contributed by atoms with Crippen LogP contribution in [0.5, 0.6) is 0 Å². The molecule has 0 bridgehead atoms. The minimum atomic E-state index is -0.354. The zero-order valence-corrected chi connectivity index (χ0v) is 17.4. The first-order chi connectivity index (χ1) is 14.6. The quantitative estimate of drug-likeness (QED) is 0.548. The molecule has 30 heavy (non-hydrogen) atoms. The fraction of sp³-hybridized carbons (Fsp3) is 0.400. The Balaban J connectivity index is 1.24. The smallest absolute Gasteiger partial charge is 0.315 e. The lowest BCUT2D eigenvalue weighted by Gasteiger charge is -2.34. The number of piperazine rings is 1. The Kier molecular flexibility index (Phi) is 8.22. The van der Waals surface area contributed by atoms with Gasteiger partial charge in [0.1, 0.15) is 0 Å². The predicted molar refractivity (Wildman–Crippen MR) is 117 cm³/mol. The van der Waals surface area contributed by atoms with Gasteiger partial charge in [-0.3, -0.25) is 9.69 Å². The highest BCUT2D eigenvalue weighted by Gasteiger charge is 2.18. The van der Waals surface area contributed by atoms with Crippen molar-refractivity contribution in [2.45, 2.75) is 6.42 Å². The average Bonchev–Trinajstić information content (AvgIpc) is 2.78. The van der Waals surface area contributed by atoms with Crippen molar-refractivity contribution in [2.24, 2.45) is 0 Å². The van der Waals surface area contributed by atoms with Crippen LogP contribution in [0.3, 0.4) is 0 Å². The molecule has 2 heterocycles. The van der Waals surface area contributed by atoms with Gasteiger partial charge in [-0.05, 0) is 43.3 Å². The second-order valence-electron chi connectivity index (χ2n) is 6.90. The van der Waals surface area contributed by atoms with Crippen LogP contribution in [0.15, 0.2) is 42.7 Å². The van der Waals surface area contributed by atoms with E-state index in [2.05, 4.69) is 35.7 Å². The summed E-state index contributed by atoms with van der Waals surface area (Å²) >= 11 is 5.80. The Labute approximate surface area is 180 Å². The molecule has 9 nitrogen and oxygen atoms in total. The molecule has 1 saturated heterocycles. The third-order valence-corrected chi connectivity index (χ3v) is 4.93. The molecule has 1 fully saturated rings. The van der Waals surface area contributed by atoms with Gasteiger partial charge < -0.3 is 20.9 Å². The summed E-state index contributed by atoms with van der Waals surface area (Å²) in [4.78, 5) is 36.8. The molecule has 3 amide bonds. The Morgan fingerprint density at radius 3 is 2.40 bits per heavy atom. The van der Waals surface area contributed by atoms with Crippen molar-refractivity contribution in [3.8, 4) is 0 Å². The van der Waals surface area contributed by atoms with E-state index in [1.807, 2.05) is 6.07 Å². The number of anilines is 2. The number of urea groups is 1. The lowest BCUT2D eigenvalue weighted by molar-refractivity contribution is -0.115. The van der Waals surface area contributed by atoms with Crippen molar-refractivity contribution in [3.05, 3.63) is 47.7 Å². The largest absolute Gasteiger partial charge is 0.338 e. The van der Waals surface area contributed by atoms with E-state index in [4.69, 9.17) is 11.6 Å². The fourth-order valence-electron chi connectivity index (χ4n) is 3.09. The normalized spacial score (nSPS) is 14.2. The second kappa shape index (κ2) is 11.3. The first kappa shape index (κ1) is 21.8. The van der Waals surface area contributed by atoms with Crippen molar-refractivity contribution >= 4 is 35.2 Å². The number of carbonyl (C=O) groups is 2. The van der Waals surface area contributed by atoms with Crippen molar-refractivity contribution in [3.63, 3.8) is 0 Å². The van der Waals surface area contributed by atoms with Gasteiger partial charge in [0.25, 0.3) is 0 Å². The van der Waals surface area contributed by atoms with Gasteiger partial charge >= 0.3 is 6.03 Å². The predicted octanol–water partition coefficient (Wildman–Crippen LogP) is 1.58. The number of carbonyl (C=O) groups excluding carboxylic acids is 2. The van der Waals surface area contributed by atoms with E-state index in [0.29, 0.717) is 17.3 Å². The molecule has 160 valence electrons. The highest BCUT2D eigenvalue weighted by atomic mass is 35.5. The lowest BCUT2D eigenvalue weighted by Crippen LogP contribution is -2.47. The fourth-order valence-corrected chi connectivity index (χ4v) is 3.22. The van der Waals surface area contributed by atoms with Crippen LogP contribution in [0, 0.1) is 0 Å². The summed E-state index contributed by atoms with van der Waals surface area (Å²) in [6, 6.07) is 8.24. The molecule has 0 aliphatic carbocycles. The van der Waals surface area contributed by atoms with Gasteiger partial charge in [0.2, 0.25) is 11.9 Å². The summed E-state index contributed by atoms with van der Waals surface area (Å²) in [6.45, 7) is 5.01. The zero-order valence-electron chi connectivity index (χ0n) is 16.7. The first-order valence-electron chi connectivity index (χ1n) is 9.91. The van der Waals surface area contributed by atoms with E-state index < -0.39 is 0 Å². The molecule has 10 heteroatoms. The highest BCUT2D eigenvalue weighted by molar-refractivity contribution is 6.30. The third-order valence-electron chi connectivity index (χ3n) is 4.68. The van der Waals surface area contributed by atoms with Gasteiger partial charge in [0, 0.05) is 55.8 Å². The third kappa shape index (κ3) is 7.16. The molecule has 1 aliphatic rings. The Hall–Kier alpha value is -2.91. The molecule has 1 aliphatic heterocycles. The minimum Gasteiger partial charge on any atom is -0.338 e. The maximum absolute atomic E-state index is 11.9. The topological polar surface area (TPSA) is 102 Å². The van der Waals surface area contributed by atoms with E-state index in [9.17, 15) is 9.59 Å². The molecule has 3 rings (SSSR count). The summed E-state index contributed by atoms with van der Waals surface area (Å²) in [7, 11) is 0. The number of rotatable bonds is 8. The number of hydrogen-bond donors (Lipinski definition) is 3. The minimum absolute atomic E-state index is 0.0992. The van der Waals surface area contributed by atoms with E-state index >= 15 is 0 Å². The SMILES string of the molecule is O=C(CNC(=O)NCCCN1CCN(c2ncccn2)CC1)Nc1ccc(Cl)cc1. The van der Waals surface area contributed by atoms with Gasteiger partial charge in [0.15, 0.2) is 0 Å². The molecule has 0 saturated carbocycles. The molecule has 1 aromatic heterocycles. The number of amides is 3. The van der Waals surface area contributed by atoms with Crippen molar-refractivity contribution < 1.29 is 9.59 Å². The van der Waals surface area contributed by atoms with Gasteiger partial charge in [-0.25, -0.2) is 14.8 Å². The van der Waals surface area contributed by atoms with E-state index in [0.717, 1.165) is 45.1 Å². The molecule has 2 aromatic rings. The Morgan fingerprint density at radius 2 is 1.70 bits per heavy atom. The van der Waals surface area contributed by atoms with Crippen LogP contribution in [-0.2, 0) is 4.79 Å². The van der Waals surface area contributed by atoms with E-state index in [-0.39, 0.29) is 18.5 Å². The van der Waals surface area contributed by atoms with Crippen LogP contribution in [0.1, 0.15) is 6.42 Å². The summed E-state index contributed by atoms with van der Waals surface area (Å²) in [5, 5.41) is 8.62. The summed E-state index contributed by atoms with van der Waals surface area (Å²) in [5.41, 5.74) is 0.630. The molecule has 0 unspecified atom stereocenters. The summed E-state index contributed by atoms with van der Waals surface area (Å²) in [6.07, 6.45) is 4.35. The molecule has 3 N–H and O–H groups in total. The van der Waals surface area contributed by atoms with Crippen LogP contribution in [0.4, 0.5) is 16.4 Å². The Bertz CT molecular complexity index is 812. The number of halogens is 1. The molecule has 0 spiro atoms. The van der Waals surface area contributed by atoms with Gasteiger partial charge in [0.05, 0.1) is 6.54 Å². The number of nitrogens with one attached hydrogen (secondary N) is 3. The van der Waals surface area contributed by atoms with Crippen LogP contribution in [0.25, 0.3) is 0 Å². The Morgan fingerprint density at radius 1 is 1.00 bits per heavy atom. The highest BCUT2D eigenvalue weighted by Crippen LogP contribution is 2.13. The summed E-state index contributed by atoms with van der Waals surface area (Å²) < 4.78 is 0. The molecular formula is C20H26ClN7O2. The standard InChI is InChI=1S/C20H26ClN7O2/c21-16-3-5-17(6-4-16)26-18(29)15-25-20(30)24-9-2-10-27-11-13-28(14-12-27)19-22-7-1-8-23-19/h1,3-8H,2,9-15H2,(H,26,29)(H2,24,25,30). The number of benzene rings is 1. The first-order valence-corrected chi connectivity index (χ1v) is 10.3. The monoisotopic (exact) mass is 431 g/mol. The van der Waals surface area contributed by atoms with E-state index in [1.165, 1.54) is 0 Å². The zero-order chi connectivity index (χ0) is 21.2. The average molecular weight is 432 g/mol. The van der Waals surface area contributed by atoms with Crippen LogP contribution >= 0.6 is 11.6 Å². The lowest BCUT2D eigenvalue weighted by atomic mass is 10.3.